The van der Waals surface area contributed by atoms with Crippen LogP contribution in [0.3, 0.4) is 0 Å². The highest BCUT2D eigenvalue weighted by Gasteiger charge is 2.17. The number of unbranched alkanes of at least 4 members (excludes halogenated alkanes) is 9. The molecule has 0 aliphatic carbocycles. The van der Waals surface area contributed by atoms with Crippen LogP contribution in [0.5, 0.6) is 17.2 Å². The lowest BCUT2D eigenvalue weighted by molar-refractivity contribution is -0.141. The van der Waals surface area contributed by atoms with Gasteiger partial charge >= 0.3 is 5.97 Å². The van der Waals surface area contributed by atoms with Gasteiger partial charge in [-0.05, 0) is 80.3 Å². The van der Waals surface area contributed by atoms with Gasteiger partial charge in [-0.1, -0.05) is 71.6 Å². The normalized spacial score (nSPS) is 11.7. The number of rotatable bonds is 19. The van der Waals surface area contributed by atoms with Gasteiger partial charge in [0, 0.05) is 18.0 Å². The van der Waals surface area contributed by atoms with Crippen LogP contribution in [0, 0.1) is 0 Å². The van der Waals surface area contributed by atoms with Gasteiger partial charge in [0.25, 0.3) is 0 Å². The Morgan fingerprint density at radius 1 is 0.700 bits per heavy atom. The molecule has 0 radical (unpaired) electrons. The van der Waals surface area contributed by atoms with Crippen molar-refractivity contribution in [2.75, 3.05) is 6.61 Å². The lowest BCUT2D eigenvalue weighted by Gasteiger charge is -2.14. The number of hydrogen-bond donors (Lipinski definition) is 0. The molecule has 0 fully saturated rings. The minimum atomic E-state index is -0.757. The average Bonchev–Trinajstić information content (AvgIpc) is 2.98. The quantitative estimate of drug-likeness (QED) is 0.0850. The first-order valence-corrected chi connectivity index (χ1v) is 15.1. The highest BCUT2D eigenvalue weighted by Crippen LogP contribution is 2.22. The molecule has 0 aliphatic rings. The molecule has 2 aromatic carbocycles. The molecule has 6 nitrogen and oxygen atoms in total. The van der Waals surface area contributed by atoms with Gasteiger partial charge in [0.1, 0.15) is 17.2 Å². The van der Waals surface area contributed by atoms with Crippen LogP contribution < -0.4 is 14.2 Å². The molecular weight excluding hydrogens is 500 g/mol. The van der Waals surface area contributed by atoms with Crippen molar-refractivity contribution in [2.45, 2.75) is 104 Å². The van der Waals surface area contributed by atoms with Gasteiger partial charge in [0.05, 0.1) is 6.61 Å². The van der Waals surface area contributed by atoms with E-state index in [0.717, 1.165) is 24.2 Å². The molecule has 6 heteroatoms. The van der Waals surface area contributed by atoms with Crippen LogP contribution >= 0.6 is 0 Å². The molecule has 3 aromatic rings. The van der Waals surface area contributed by atoms with Crippen molar-refractivity contribution in [2.24, 2.45) is 0 Å². The second kappa shape index (κ2) is 18.0. The van der Waals surface area contributed by atoms with E-state index in [2.05, 4.69) is 23.8 Å². The molecule has 0 N–H and O–H groups in total. The van der Waals surface area contributed by atoms with Gasteiger partial charge in [0.15, 0.2) is 11.9 Å². The Bertz CT molecular complexity index is 1100. The van der Waals surface area contributed by atoms with Gasteiger partial charge in [-0.15, -0.1) is 0 Å². The Hall–Kier alpha value is -3.41. The van der Waals surface area contributed by atoms with Gasteiger partial charge in [-0.3, -0.25) is 0 Å². The van der Waals surface area contributed by atoms with Crippen molar-refractivity contribution in [1.82, 2.24) is 9.97 Å². The van der Waals surface area contributed by atoms with E-state index in [-0.39, 0.29) is 0 Å². The fraction of sp³-hybridized carbons (Fsp3) is 0.500. The van der Waals surface area contributed by atoms with Gasteiger partial charge in [-0.25, -0.2) is 14.8 Å². The monoisotopic (exact) mass is 546 g/mol. The third-order valence-corrected chi connectivity index (χ3v) is 6.84. The van der Waals surface area contributed by atoms with Gasteiger partial charge < -0.3 is 14.2 Å². The first-order chi connectivity index (χ1) is 19.6. The van der Waals surface area contributed by atoms with Crippen LogP contribution in [0.15, 0.2) is 60.9 Å². The molecule has 40 heavy (non-hydrogen) atoms. The molecule has 1 atom stereocenters. The Balaban J connectivity index is 1.40. The molecule has 0 spiro atoms. The summed E-state index contributed by atoms with van der Waals surface area (Å²) in [5, 5.41) is 0. The number of ether oxygens (including phenoxy) is 3. The number of nitrogens with zero attached hydrogens (tertiary/aromatic N) is 2. The molecule has 1 heterocycles. The van der Waals surface area contributed by atoms with Crippen LogP contribution in [0.2, 0.25) is 0 Å². The van der Waals surface area contributed by atoms with Gasteiger partial charge in [0.2, 0.25) is 0 Å². The number of aryl methyl sites for hydroxylation is 1. The zero-order valence-corrected chi connectivity index (χ0v) is 24.6. The molecule has 0 bridgehead atoms. The summed E-state index contributed by atoms with van der Waals surface area (Å²) >= 11 is 0. The zero-order chi connectivity index (χ0) is 28.4. The number of carbonyl (C=O) groups excluding carboxylic acids is 1. The minimum Gasteiger partial charge on any atom is -0.494 e. The largest absolute Gasteiger partial charge is 0.494 e. The van der Waals surface area contributed by atoms with Crippen molar-refractivity contribution in [3.63, 3.8) is 0 Å². The number of carbonyl (C=O) groups is 1. The molecule has 1 aromatic heterocycles. The van der Waals surface area contributed by atoms with E-state index in [9.17, 15) is 4.79 Å². The smallest absolute Gasteiger partial charge is 0.352 e. The van der Waals surface area contributed by atoms with Crippen molar-refractivity contribution in [3.8, 4) is 28.6 Å². The molecule has 0 amide bonds. The summed E-state index contributed by atoms with van der Waals surface area (Å²) in [5.41, 5.74) is 2.04. The third kappa shape index (κ3) is 11.4. The Kier molecular flexibility index (Phi) is 14.0. The fourth-order valence-electron chi connectivity index (χ4n) is 4.38. The Labute approximate surface area is 240 Å². The topological polar surface area (TPSA) is 70.5 Å². The van der Waals surface area contributed by atoms with E-state index in [1.54, 1.807) is 19.1 Å². The predicted octanol–water partition coefficient (Wildman–Crippen LogP) is 8.77. The van der Waals surface area contributed by atoms with Crippen molar-refractivity contribution >= 4 is 5.97 Å². The average molecular weight is 547 g/mol. The van der Waals surface area contributed by atoms with E-state index >= 15 is 0 Å². The van der Waals surface area contributed by atoms with E-state index in [1.807, 2.05) is 48.8 Å². The summed E-state index contributed by atoms with van der Waals surface area (Å²) in [6.07, 6.45) is 17.8. The standard InChI is InChI=1S/C34H46N2O4/c1-4-6-8-10-11-13-15-28-25-35-33(36-26-28)29-16-18-32(19-17-29)40-34(37)27(3)39-31-22-20-30(21-23-31)38-24-14-12-9-7-5-2/h16-23,25-27H,4-15,24H2,1-3H3/t27-/m0/s1. The lowest BCUT2D eigenvalue weighted by atomic mass is 10.1. The second-order valence-corrected chi connectivity index (χ2v) is 10.4. The number of hydrogen-bond acceptors (Lipinski definition) is 6. The van der Waals surface area contributed by atoms with Crippen LogP contribution in [0.25, 0.3) is 11.4 Å². The third-order valence-electron chi connectivity index (χ3n) is 6.84. The molecule has 3 rings (SSSR count). The first-order valence-electron chi connectivity index (χ1n) is 15.1. The molecule has 0 aliphatic heterocycles. The molecule has 0 saturated carbocycles. The van der Waals surface area contributed by atoms with Crippen LogP contribution in [0.4, 0.5) is 0 Å². The fourth-order valence-corrected chi connectivity index (χ4v) is 4.38. The molecule has 0 saturated heterocycles. The maximum Gasteiger partial charge on any atom is 0.352 e. The van der Waals surface area contributed by atoms with E-state index in [1.165, 1.54) is 69.8 Å². The van der Waals surface area contributed by atoms with E-state index in [0.29, 0.717) is 23.9 Å². The summed E-state index contributed by atoms with van der Waals surface area (Å²) in [5.74, 6) is 2.04. The Morgan fingerprint density at radius 2 is 1.25 bits per heavy atom. The van der Waals surface area contributed by atoms with Crippen LogP contribution in [0.1, 0.15) is 97.0 Å². The van der Waals surface area contributed by atoms with Gasteiger partial charge in [-0.2, -0.15) is 0 Å². The second-order valence-electron chi connectivity index (χ2n) is 10.4. The summed E-state index contributed by atoms with van der Waals surface area (Å²) in [7, 11) is 0. The summed E-state index contributed by atoms with van der Waals surface area (Å²) in [4.78, 5) is 21.7. The van der Waals surface area contributed by atoms with Crippen LogP contribution in [-0.2, 0) is 11.2 Å². The maximum atomic E-state index is 12.6. The lowest BCUT2D eigenvalue weighted by Crippen LogP contribution is -2.28. The van der Waals surface area contributed by atoms with Crippen molar-refractivity contribution < 1.29 is 19.0 Å². The number of aromatic nitrogens is 2. The number of esters is 1. The highest BCUT2D eigenvalue weighted by molar-refractivity contribution is 5.77. The first kappa shape index (κ1) is 31.1. The SMILES string of the molecule is CCCCCCCCc1cnc(-c2ccc(OC(=O)[C@H](C)Oc3ccc(OCCCCCCC)cc3)cc2)nc1. The molecular formula is C34H46N2O4. The molecule has 0 unspecified atom stereocenters. The number of benzene rings is 2. The van der Waals surface area contributed by atoms with E-state index < -0.39 is 12.1 Å². The minimum absolute atomic E-state index is 0.451. The molecule has 216 valence electrons. The summed E-state index contributed by atoms with van der Waals surface area (Å²) in [6, 6.07) is 14.6. The highest BCUT2D eigenvalue weighted by atomic mass is 16.6. The Morgan fingerprint density at radius 3 is 1.90 bits per heavy atom. The predicted molar refractivity (Wildman–Crippen MR) is 161 cm³/mol. The maximum absolute atomic E-state index is 12.6. The van der Waals surface area contributed by atoms with Crippen LogP contribution in [-0.4, -0.2) is 28.6 Å². The zero-order valence-electron chi connectivity index (χ0n) is 24.6. The van der Waals surface area contributed by atoms with E-state index in [4.69, 9.17) is 14.2 Å². The summed E-state index contributed by atoms with van der Waals surface area (Å²) in [6.45, 7) is 6.84. The van der Waals surface area contributed by atoms with Crippen molar-refractivity contribution in [1.29, 1.82) is 0 Å². The van der Waals surface area contributed by atoms with Crippen molar-refractivity contribution in [3.05, 3.63) is 66.5 Å². The summed E-state index contributed by atoms with van der Waals surface area (Å²) < 4.78 is 17.1.